The molecule has 1 aliphatic rings. The van der Waals surface area contributed by atoms with E-state index in [1.807, 2.05) is 0 Å². The number of aromatic nitrogens is 3. The summed E-state index contributed by atoms with van der Waals surface area (Å²) < 4.78 is 56.5. The zero-order valence-electron chi connectivity index (χ0n) is 17.2. The highest BCUT2D eigenvalue weighted by atomic mass is 19.4. The van der Waals surface area contributed by atoms with Crippen LogP contribution in [0.5, 0.6) is 5.75 Å². The summed E-state index contributed by atoms with van der Waals surface area (Å²) >= 11 is 0. The number of nitrogens with one attached hydrogen (secondary N) is 1. The molecule has 2 N–H and O–H groups in total. The van der Waals surface area contributed by atoms with Crippen molar-refractivity contribution < 1.29 is 32.2 Å². The average Bonchev–Trinajstić information content (AvgIpc) is 3.45. The van der Waals surface area contributed by atoms with Gasteiger partial charge in [-0.2, -0.15) is 5.10 Å². The molecule has 1 fully saturated rings. The van der Waals surface area contributed by atoms with Crippen molar-refractivity contribution in [3.05, 3.63) is 59.3 Å². The molecule has 2 heterocycles. The number of carbonyl (C=O) groups excluding carboxylic acids is 1. The number of fused-ring (bicyclic) bond motifs is 1. The van der Waals surface area contributed by atoms with Crippen LogP contribution < -0.4 is 10.1 Å². The third-order valence-corrected chi connectivity index (χ3v) is 5.17. The lowest BCUT2D eigenvalue weighted by molar-refractivity contribution is -0.275. The lowest BCUT2D eigenvalue weighted by atomic mass is 9.91. The zero-order valence-corrected chi connectivity index (χ0v) is 17.2. The Bertz CT molecular complexity index is 1170. The smallest absolute Gasteiger partial charge is 0.403 e. The largest absolute Gasteiger partial charge is 0.573 e. The minimum Gasteiger partial charge on any atom is -0.403 e. The van der Waals surface area contributed by atoms with E-state index < -0.39 is 35.5 Å². The Morgan fingerprint density at radius 3 is 2.59 bits per heavy atom. The van der Waals surface area contributed by atoms with Gasteiger partial charge in [0.25, 0.3) is 5.91 Å². The normalized spacial score (nSPS) is 15.6. The van der Waals surface area contributed by atoms with Crippen LogP contribution in [-0.4, -0.2) is 37.6 Å². The molecule has 7 nitrogen and oxygen atoms in total. The predicted octanol–water partition coefficient (Wildman–Crippen LogP) is 3.89. The molecule has 1 aromatic carbocycles. The Morgan fingerprint density at radius 1 is 1.28 bits per heavy atom. The highest BCUT2D eigenvalue weighted by Crippen LogP contribution is 2.39. The van der Waals surface area contributed by atoms with E-state index in [1.165, 1.54) is 24.6 Å². The summed E-state index contributed by atoms with van der Waals surface area (Å²) in [5.41, 5.74) is -0.0539. The van der Waals surface area contributed by atoms with Crippen molar-refractivity contribution in [3.63, 3.8) is 0 Å². The fourth-order valence-corrected chi connectivity index (χ4v) is 3.46. The van der Waals surface area contributed by atoms with E-state index in [1.54, 1.807) is 12.4 Å². The van der Waals surface area contributed by atoms with E-state index >= 15 is 0 Å². The van der Waals surface area contributed by atoms with Crippen molar-refractivity contribution >= 4 is 11.6 Å². The van der Waals surface area contributed by atoms with Crippen molar-refractivity contribution in [2.45, 2.75) is 50.6 Å². The van der Waals surface area contributed by atoms with Gasteiger partial charge in [0, 0.05) is 12.4 Å². The van der Waals surface area contributed by atoms with Gasteiger partial charge in [-0.3, -0.25) is 4.79 Å². The number of aliphatic hydroxyl groups is 1. The second kappa shape index (κ2) is 7.73. The molecule has 32 heavy (non-hydrogen) atoms. The standard InChI is InChI=1S/C21H20F4N4O3/c1-20(2,31)17(12-5-6-16(15(22)7-12)32-21(23,24)25)28-19(30)14-9-27-29-10-13(11-3-4-11)8-26-18(14)29/h5-11,17,31H,3-4H2,1-2H3,(H,28,30). The SMILES string of the molecule is CC(C)(O)C(NC(=O)c1cnn2cc(C3CC3)cnc12)c1ccc(OC(F)(F)F)c(F)c1. The van der Waals surface area contributed by atoms with Crippen LogP contribution in [0.25, 0.3) is 5.65 Å². The number of nitrogens with zero attached hydrogens (tertiary/aromatic N) is 3. The minimum absolute atomic E-state index is 0.0540. The molecule has 2 aromatic heterocycles. The molecule has 0 bridgehead atoms. The fourth-order valence-electron chi connectivity index (χ4n) is 3.46. The number of hydrogen-bond acceptors (Lipinski definition) is 5. The number of carbonyl (C=O) groups is 1. The highest BCUT2D eigenvalue weighted by Gasteiger charge is 2.35. The number of benzene rings is 1. The van der Waals surface area contributed by atoms with Crippen molar-refractivity contribution in [2.75, 3.05) is 0 Å². The number of alkyl halides is 3. The zero-order chi connectivity index (χ0) is 23.3. The maximum Gasteiger partial charge on any atom is 0.573 e. The lowest BCUT2D eigenvalue weighted by Crippen LogP contribution is -2.42. The number of ether oxygens (including phenoxy) is 1. The van der Waals surface area contributed by atoms with Gasteiger partial charge in [-0.1, -0.05) is 6.07 Å². The summed E-state index contributed by atoms with van der Waals surface area (Å²) in [7, 11) is 0. The third kappa shape index (κ3) is 4.67. The summed E-state index contributed by atoms with van der Waals surface area (Å²) in [6, 6.07) is 1.56. The Hall–Kier alpha value is -3.21. The number of halogens is 4. The van der Waals surface area contributed by atoms with E-state index in [0.29, 0.717) is 11.6 Å². The van der Waals surface area contributed by atoms with Crippen molar-refractivity contribution in [3.8, 4) is 5.75 Å². The first-order chi connectivity index (χ1) is 14.9. The van der Waals surface area contributed by atoms with Crippen LogP contribution in [0, 0.1) is 5.82 Å². The summed E-state index contributed by atoms with van der Waals surface area (Å²) in [4.78, 5) is 17.3. The van der Waals surface area contributed by atoms with Crippen molar-refractivity contribution in [2.24, 2.45) is 0 Å². The molecule has 1 aliphatic carbocycles. The van der Waals surface area contributed by atoms with Gasteiger partial charge >= 0.3 is 6.36 Å². The first-order valence-corrected chi connectivity index (χ1v) is 9.84. The quantitative estimate of drug-likeness (QED) is 0.554. The van der Waals surface area contributed by atoms with E-state index in [0.717, 1.165) is 36.6 Å². The Labute approximate surface area is 180 Å². The van der Waals surface area contributed by atoms with Crippen LogP contribution in [0.15, 0.2) is 36.8 Å². The van der Waals surface area contributed by atoms with Gasteiger partial charge in [-0.15, -0.1) is 13.2 Å². The van der Waals surface area contributed by atoms with Crippen LogP contribution in [0.4, 0.5) is 17.6 Å². The molecular formula is C21H20F4N4O3. The van der Waals surface area contributed by atoms with Gasteiger partial charge in [0.15, 0.2) is 17.2 Å². The van der Waals surface area contributed by atoms with Gasteiger partial charge in [0.1, 0.15) is 5.56 Å². The van der Waals surface area contributed by atoms with Crippen LogP contribution in [0.1, 0.15) is 60.1 Å². The van der Waals surface area contributed by atoms with Gasteiger partial charge in [-0.05, 0) is 55.9 Å². The molecule has 1 unspecified atom stereocenters. The van der Waals surface area contributed by atoms with Crippen molar-refractivity contribution in [1.29, 1.82) is 0 Å². The second-order valence-corrected chi connectivity index (χ2v) is 8.29. The van der Waals surface area contributed by atoms with E-state index in [-0.39, 0.29) is 11.1 Å². The first kappa shape index (κ1) is 22.0. The van der Waals surface area contributed by atoms with Crippen molar-refractivity contribution in [1.82, 2.24) is 19.9 Å². The third-order valence-electron chi connectivity index (χ3n) is 5.17. The van der Waals surface area contributed by atoms with Gasteiger partial charge in [-0.25, -0.2) is 13.9 Å². The average molecular weight is 452 g/mol. The molecular weight excluding hydrogens is 432 g/mol. The molecule has 1 saturated carbocycles. The minimum atomic E-state index is -5.05. The summed E-state index contributed by atoms with van der Waals surface area (Å²) in [5.74, 6) is -2.48. The Kier molecular flexibility index (Phi) is 5.32. The van der Waals surface area contributed by atoms with E-state index in [2.05, 4.69) is 20.1 Å². The Balaban J connectivity index is 1.60. The second-order valence-electron chi connectivity index (χ2n) is 8.29. The molecule has 0 aliphatic heterocycles. The van der Waals surface area contributed by atoms with Crippen LogP contribution >= 0.6 is 0 Å². The molecule has 11 heteroatoms. The van der Waals surface area contributed by atoms with Crippen LogP contribution in [0.3, 0.4) is 0 Å². The van der Waals surface area contributed by atoms with Gasteiger partial charge in [0.2, 0.25) is 0 Å². The monoisotopic (exact) mass is 452 g/mol. The lowest BCUT2D eigenvalue weighted by Gasteiger charge is -2.30. The molecule has 170 valence electrons. The molecule has 1 atom stereocenters. The van der Waals surface area contributed by atoms with Crippen LogP contribution in [-0.2, 0) is 0 Å². The van der Waals surface area contributed by atoms with Crippen LogP contribution in [0.2, 0.25) is 0 Å². The first-order valence-electron chi connectivity index (χ1n) is 9.84. The number of hydrogen-bond donors (Lipinski definition) is 2. The molecule has 0 saturated heterocycles. The molecule has 0 spiro atoms. The highest BCUT2D eigenvalue weighted by molar-refractivity contribution is 5.99. The molecule has 3 aromatic rings. The maximum absolute atomic E-state index is 14.2. The topological polar surface area (TPSA) is 88.8 Å². The summed E-state index contributed by atoms with van der Waals surface area (Å²) in [5, 5.41) is 17.3. The summed E-state index contributed by atoms with van der Waals surface area (Å²) in [6.45, 7) is 2.76. The van der Waals surface area contributed by atoms with Gasteiger partial charge in [0.05, 0.1) is 17.8 Å². The predicted molar refractivity (Wildman–Crippen MR) is 105 cm³/mol. The Morgan fingerprint density at radius 2 is 2.00 bits per heavy atom. The fraction of sp³-hybridized carbons (Fsp3) is 0.381. The molecule has 0 radical (unpaired) electrons. The van der Waals surface area contributed by atoms with Gasteiger partial charge < -0.3 is 15.2 Å². The maximum atomic E-state index is 14.2. The van der Waals surface area contributed by atoms with E-state index in [4.69, 9.17) is 0 Å². The number of amides is 1. The summed E-state index contributed by atoms with van der Waals surface area (Å²) in [6.07, 6.45) is 1.93. The molecule has 1 amide bonds. The number of rotatable bonds is 6. The molecule has 4 rings (SSSR count). The van der Waals surface area contributed by atoms with E-state index in [9.17, 15) is 27.5 Å².